The zero-order chi connectivity index (χ0) is 14.8. The average molecular weight is 299 g/mol. The third kappa shape index (κ3) is 2.51. The Balaban J connectivity index is 2.14. The van der Waals surface area contributed by atoms with Crippen molar-refractivity contribution >= 4 is 22.5 Å². The van der Waals surface area contributed by atoms with E-state index in [9.17, 15) is 9.65 Å². The van der Waals surface area contributed by atoms with Crippen LogP contribution in [0.5, 0.6) is 11.5 Å². The smallest absolute Gasteiger partial charge is 0.156 e. The molecule has 0 unspecified atom stereocenters. The number of ether oxygens (including phenoxy) is 1. The fourth-order valence-corrected chi connectivity index (χ4v) is 2.08. The number of fused-ring (bicyclic) bond motifs is 1. The van der Waals surface area contributed by atoms with Crippen LogP contribution in [-0.4, -0.2) is 4.98 Å². The summed E-state index contributed by atoms with van der Waals surface area (Å²) >= 11 is 5.64. The maximum atomic E-state index is 13.5. The van der Waals surface area contributed by atoms with Crippen molar-refractivity contribution in [3.05, 3.63) is 65.1 Å². The highest BCUT2D eigenvalue weighted by atomic mass is 35.5. The van der Waals surface area contributed by atoms with Crippen LogP contribution in [0.1, 0.15) is 5.56 Å². The fraction of sp³-hybridized carbons (Fsp3) is 0. The summed E-state index contributed by atoms with van der Waals surface area (Å²) in [6.45, 7) is 0. The molecule has 102 valence electrons. The van der Waals surface area contributed by atoms with Crippen molar-refractivity contribution in [2.24, 2.45) is 0 Å². The molecule has 0 aliphatic heterocycles. The van der Waals surface area contributed by atoms with Gasteiger partial charge in [-0.25, -0.2) is 4.39 Å². The van der Waals surface area contributed by atoms with Crippen LogP contribution < -0.4 is 4.74 Å². The standard InChI is InChI=1S/C16H8ClFN2O/c17-13-6-5-11(7-14(13)18)21-16-10(8-19)9-20-15-4-2-1-3-12(15)16/h1-7,9H. The normalized spacial score (nSPS) is 10.3. The Hall–Kier alpha value is -2.64. The minimum absolute atomic E-state index is 0.0162. The lowest BCUT2D eigenvalue weighted by Crippen LogP contribution is -1.93. The lowest BCUT2D eigenvalue weighted by Gasteiger charge is -2.10. The van der Waals surface area contributed by atoms with Gasteiger partial charge in [-0.2, -0.15) is 5.26 Å². The number of benzene rings is 2. The first-order valence-corrected chi connectivity index (χ1v) is 6.47. The third-order valence-corrected chi connectivity index (χ3v) is 3.26. The van der Waals surface area contributed by atoms with Gasteiger partial charge in [0.05, 0.1) is 10.5 Å². The van der Waals surface area contributed by atoms with Crippen LogP contribution in [0.4, 0.5) is 4.39 Å². The second-order valence-corrected chi connectivity index (χ2v) is 4.72. The number of rotatable bonds is 2. The summed E-state index contributed by atoms with van der Waals surface area (Å²) in [6, 6.07) is 13.4. The Morgan fingerprint density at radius 1 is 1.19 bits per heavy atom. The number of para-hydroxylation sites is 1. The largest absolute Gasteiger partial charge is 0.455 e. The summed E-state index contributed by atoms with van der Waals surface area (Å²) in [5, 5.41) is 9.89. The summed E-state index contributed by atoms with van der Waals surface area (Å²) < 4.78 is 19.2. The van der Waals surface area contributed by atoms with Gasteiger partial charge in [-0.15, -0.1) is 0 Å². The zero-order valence-corrected chi connectivity index (χ0v) is 11.4. The number of aromatic nitrogens is 1. The van der Waals surface area contributed by atoms with E-state index in [0.29, 0.717) is 16.7 Å². The molecule has 0 saturated heterocycles. The Bertz CT molecular complexity index is 874. The van der Waals surface area contributed by atoms with Crippen LogP contribution in [0.25, 0.3) is 10.9 Å². The minimum atomic E-state index is -0.578. The lowest BCUT2D eigenvalue weighted by atomic mass is 10.1. The number of nitriles is 1. The summed E-state index contributed by atoms with van der Waals surface area (Å²) in [7, 11) is 0. The third-order valence-electron chi connectivity index (χ3n) is 2.96. The Labute approximate surface area is 125 Å². The monoisotopic (exact) mass is 298 g/mol. The molecule has 2 aromatic carbocycles. The van der Waals surface area contributed by atoms with Gasteiger partial charge in [0.2, 0.25) is 0 Å². The molecule has 1 aromatic heterocycles. The molecule has 0 aliphatic rings. The van der Waals surface area contributed by atoms with Gasteiger partial charge in [-0.05, 0) is 24.3 Å². The average Bonchev–Trinajstić information content (AvgIpc) is 2.51. The fourth-order valence-electron chi connectivity index (χ4n) is 1.96. The molecule has 0 amide bonds. The molecule has 3 aromatic rings. The van der Waals surface area contributed by atoms with E-state index < -0.39 is 5.82 Å². The van der Waals surface area contributed by atoms with Gasteiger partial charge in [0.1, 0.15) is 23.2 Å². The predicted octanol–water partition coefficient (Wildman–Crippen LogP) is 4.69. The Kier molecular flexibility index (Phi) is 3.43. The molecule has 0 spiro atoms. The molecule has 3 nitrogen and oxygen atoms in total. The van der Waals surface area contributed by atoms with Crippen LogP contribution in [0.2, 0.25) is 5.02 Å². The van der Waals surface area contributed by atoms with E-state index in [4.69, 9.17) is 16.3 Å². The Morgan fingerprint density at radius 3 is 2.76 bits per heavy atom. The molecule has 0 atom stereocenters. The molecule has 0 aliphatic carbocycles. The van der Waals surface area contributed by atoms with E-state index in [-0.39, 0.29) is 16.3 Å². The summed E-state index contributed by atoms with van der Waals surface area (Å²) in [4.78, 5) is 4.19. The molecule has 0 fully saturated rings. The van der Waals surface area contributed by atoms with Crippen molar-refractivity contribution in [1.82, 2.24) is 4.98 Å². The van der Waals surface area contributed by atoms with Crippen molar-refractivity contribution in [2.45, 2.75) is 0 Å². The number of hydrogen-bond donors (Lipinski definition) is 0. The molecule has 1 heterocycles. The van der Waals surface area contributed by atoms with Crippen molar-refractivity contribution < 1.29 is 9.13 Å². The van der Waals surface area contributed by atoms with Crippen molar-refractivity contribution in [2.75, 3.05) is 0 Å². The number of nitrogens with zero attached hydrogens (tertiary/aromatic N) is 2. The SMILES string of the molecule is N#Cc1cnc2ccccc2c1Oc1ccc(Cl)c(F)c1. The van der Waals surface area contributed by atoms with Crippen LogP contribution in [0.3, 0.4) is 0 Å². The molecular formula is C16H8ClFN2O. The van der Waals surface area contributed by atoms with E-state index in [1.807, 2.05) is 24.3 Å². The summed E-state index contributed by atoms with van der Waals surface area (Å²) in [5.41, 5.74) is 0.977. The van der Waals surface area contributed by atoms with Crippen LogP contribution in [-0.2, 0) is 0 Å². The van der Waals surface area contributed by atoms with Gasteiger partial charge in [-0.3, -0.25) is 4.98 Å². The highest BCUT2D eigenvalue weighted by Gasteiger charge is 2.12. The molecule has 0 radical (unpaired) electrons. The predicted molar refractivity (Wildman–Crippen MR) is 77.9 cm³/mol. The van der Waals surface area contributed by atoms with Gasteiger partial charge >= 0.3 is 0 Å². The number of pyridine rings is 1. The highest BCUT2D eigenvalue weighted by Crippen LogP contribution is 2.33. The first kappa shape index (κ1) is 13.3. The second kappa shape index (κ2) is 5.39. The van der Waals surface area contributed by atoms with Gasteiger partial charge in [0.25, 0.3) is 0 Å². The molecule has 0 N–H and O–H groups in total. The summed E-state index contributed by atoms with van der Waals surface area (Å²) in [5.74, 6) is 0.0422. The van der Waals surface area contributed by atoms with Crippen LogP contribution in [0, 0.1) is 17.1 Å². The molecular weight excluding hydrogens is 291 g/mol. The maximum Gasteiger partial charge on any atom is 0.156 e. The summed E-state index contributed by atoms with van der Waals surface area (Å²) in [6.07, 6.45) is 1.43. The van der Waals surface area contributed by atoms with E-state index in [1.165, 1.54) is 18.3 Å². The number of hydrogen-bond acceptors (Lipinski definition) is 3. The van der Waals surface area contributed by atoms with Crippen molar-refractivity contribution in [1.29, 1.82) is 5.26 Å². The van der Waals surface area contributed by atoms with E-state index in [1.54, 1.807) is 12.1 Å². The van der Waals surface area contributed by atoms with Crippen molar-refractivity contribution in [3.63, 3.8) is 0 Å². The molecule has 3 rings (SSSR count). The second-order valence-electron chi connectivity index (χ2n) is 4.31. The molecule has 21 heavy (non-hydrogen) atoms. The van der Waals surface area contributed by atoms with Gasteiger partial charge in [0, 0.05) is 17.6 Å². The highest BCUT2D eigenvalue weighted by molar-refractivity contribution is 6.30. The quantitative estimate of drug-likeness (QED) is 0.689. The van der Waals surface area contributed by atoms with Crippen LogP contribution in [0.15, 0.2) is 48.7 Å². The van der Waals surface area contributed by atoms with Gasteiger partial charge in [0.15, 0.2) is 5.75 Å². The van der Waals surface area contributed by atoms with Crippen LogP contribution >= 0.6 is 11.6 Å². The van der Waals surface area contributed by atoms with Gasteiger partial charge < -0.3 is 4.74 Å². The molecule has 0 saturated carbocycles. The first-order valence-electron chi connectivity index (χ1n) is 6.10. The van der Waals surface area contributed by atoms with E-state index >= 15 is 0 Å². The number of halogens is 2. The maximum absolute atomic E-state index is 13.5. The molecule has 0 bridgehead atoms. The van der Waals surface area contributed by atoms with E-state index in [0.717, 1.165) is 0 Å². The van der Waals surface area contributed by atoms with Gasteiger partial charge in [-0.1, -0.05) is 23.7 Å². The van der Waals surface area contributed by atoms with Crippen molar-refractivity contribution in [3.8, 4) is 17.6 Å². The first-order chi connectivity index (χ1) is 10.2. The Morgan fingerprint density at radius 2 is 2.00 bits per heavy atom. The topological polar surface area (TPSA) is 45.9 Å². The molecule has 5 heteroatoms. The lowest BCUT2D eigenvalue weighted by molar-refractivity contribution is 0.480. The minimum Gasteiger partial charge on any atom is -0.455 e. The van der Waals surface area contributed by atoms with E-state index in [2.05, 4.69) is 4.98 Å². The zero-order valence-electron chi connectivity index (χ0n) is 10.7.